The average molecular weight is 203 g/mol. The molecule has 0 aliphatic rings. The average Bonchev–Trinajstić information content (AvgIpc) is 0.918. The summed E-state index contributed by atoms with van der Waals surface area (Å²) in [5.74, 6) is 0. The van der Waals surface area contributed by atoms with Crippen molar-refractivity contribution >= 4 is 49.9 Å². The van der Waals surface area contributed by atoms with Crippen LogP contribution in [0.4, 0.5) is 0 Å². The lowest BCUT2D eigenvalue weighted by molar-refractivity contribution is 0.838. The molecule has 0 N–H and O–H groups in total. The molecular formula is AlBr2O. The van der Waals surface area contributed by atoms with Gasteiger partial charge < -0.3 is 0 Å². The van der Waals surface area contributed by atoms with Gasteiger partial charge in [-0.3, -0.25) is 0 Å². The van der Waals surface area contributed by atoms with Gasteiger partial charge >= 0.3 is 0 Å². The molecule has 0 aliphatic heterocycles. The van der Waals surface area contributed by atoms with Crippen molar-refractivity contribution in [3.05, 3.63) is 0 Å². The quantitative estimate of drug-likeness (QED) is 0.538. The van der Waals surface area contributed by atoms with Gasteiger partial charge in [0.05, 0.1) is 0 Å². The number of hydrogen-bond acceptors (Lipinski definition) is 1. The maximum Gasteiger partial charge on any atom is 0.115 e. The van der Waals surface area contributed by atoms with Gasteiger partial charge in [-0.1, -0.05) is 0 Å². The molecule has 0 bridgehead atoms. The van der Waals surface area contributed by atoms with Gasteiger partial charge in [0.15, 0.2) is 0 Å². The zero-order valence-electron chi connectivity index (χ0n) is 1.74. The van der Waals surface area contributed by atoms with Gasteiger partial charge in [0.1, 0.15) is 32.5 Å². The SMILES string of the molecule is BrOBr.[Al]. The maximum absolute atomic E-state index is 3.88. The third-order valence-electron chi connectivity index (χ3n) is 0. The summed E-state index contributed by atoms with van der Waals surface area (Å²) in [5.41, 5.74) is 0. The van der Waals surface area contributed by atoms with E-state index in [4.69, 9.17) is 0 Å². The molecule has 0 unspecified atom stereocenters. The van der Waals surface area contributed by atoms with Crippen molar-refractivity contribution in [3.8, 4) is 0 Å². The Morgan fingerprint density at radius 1 is 1.25 bits per heavy atom. The van der Waals surface area contributed by atoms with E-state index in [-0.39, 0.29) is 17.4 Å². The fraction of sp³-hybridized carbons (Fsp3) is 0. The van der Waals surface area contributed by atoms with E-state index >= 15 is 0 Å². The Bertz CT molecular complexity index is 6.00. The molecule has 23 valence electrons. The number of hydrogen-bond donors (Lipinski definition) is 0. The van der Waals surface area contributed by atoms with E-state index in [1.165, 1.54) is 0 Å². The lowest BCUT2D eigenvalue weighted by atomic mass is 16.0. The Kier molecular flexibility index (Phi) is 20.0. The molecule has 4 heavy (non-hydrogen) atoms. The van der Waals surface area contributed by atoms with Gasteiger partial charge in [-0.15, -0.1) is 0 Å². The van der Waals surface area contributed by atoms with E-state index in [9.17, 15) is 0 Å². The maximum atomic E-state index is 3.88. The van der Waals surface area contributed by atoms with E-state index in [1.807, 2.05) is 0 Å². The molecule has 0 aromatic carbocycles. The Morgan fingerprint density at radius 2 is 1.25 bits per heavy atom. The van der Waals surface area contributed by atoms with Crippen LogP contribution < -0.4 is 0 Å². The van der Waals surface area contributed by atoms with Gasteiger partial charge in [-0.05, 0) is 0 Å². The first-order valence-corrected chi connectivity index (χ1v) is 1.60. The van der Waals surface area contributed by atoms with Gasteiger partial charge in [-0.2, -0.15) is 0 Å². The van der Waals surface area contributed by atoms with Crippen LogP contribution in [0.3, 0.4) is 0 Å². The van der Waals surface area contributed by atoms with Gasteiger partial charge in [-0.25, -0.2) is 2.92 Å². The molecular weight excluding hydrogens is 203 g/mol. The third kappa shape index (κ3) is 9.84. The lowest BCUT2D eigenvalue weighted by Crippen LogP contribution is -1.10. The molecule has 0 saturated carbocycles. The van der Waals surface area contributed by atoms with Crippen LogP contribution in [0.1, 0.15) is 0 Å². The second kappa shape index (κ2) is 8.82. The Morgan fingerprint density at radius 3 is 1.25 bits per heavy atom. The van der Waals surface area contributed by atoms with Crippen LogP contribution in [0.5, 0.6) is 0 Å². The second-order valence-electron chi connectivity index (χ2n) is 0.0583. The summed E-state index contributed by atoms with van der Waals surface area (Å²) in [5, 5.41) is 0. The van der Waals surface area contributed by atoms with Crippen LogP contribution in [-0.2, 0) is 2.92 Å². The van der Waals surface area contributed by atoms with E-state index in [1.54, 1.807) is 0 Å². The first-order chi connectivity index (χ1) is 1.41. The highest BCUT2D eigenvalue weighted by molar-refractivity contribution is 9.18. The van der Waals surface area contributed by atoms with Crippen molar-refractivity contribution in [3.63, 3.8) is 0 Å². The van der Waals surface area contributed by atoms with E-state index in [0.717, 1.165) is 0 Å². The minimum atomic E-state index is 0. The van der Waals surface area contributed by atoms with E-state index in [2.05, 4.69) is 35.4 Å². The molecule has 0 fully saturated rings. The second-order valence-corrected chi connectivity index (χ2v) is 1.57. The summed E-state index contributed by atoms with van der Waals surface area (Å²) < 4.78 is 3.88. The molecule has 0 saturated heterocycles. The molecule has 0 aliphatic carbocycles. The molecule has 4 heteroatoms. The highest BCUT2D eigenvalue weighted by Crippen LogP contribution is 1.88. The summed E-state index contributed by atoms with van der Waals surface area (Å²) in [4.78, 5) is 0. The normalized spacial score (nSPS) is 4.50. The topological polar surface area (TPSA) is 9.23 Å². The molecule has 0 spiro atoms. The Hall–Kier alpha value is 1.45. The van der Waals surface area contributed by atoms with E-state index in [0.29, 0.717) is 0 Å². The molecule has 0 atom stereocenters. The van der Waals surface area contributed by atoms with Crippen LogP contribution in [0.2, 0.25) is 0 Å². The molecule has 0 amide bonds. The highest BCUT2D eigenvalue weighted by Gasteiger charge is 1.37. The van der Waals surface area contributed by atoms with Crippen molar-refractivity contribution in [2.45, 2.75) is 0 Å². The number of halogens is 2. The van der Waals surface area contributed by atoms with Crippen LogP contribution in [-0.4, -0.2) is 17.4 Å². The molecule has 0 heterocycles. The summed E-state index contributed by atoms with van der Waals surface area (Å²) in [6, 6.07) is 0. The van der Waals surface area contributed by atoms with Crippen LogP contribution in [0.15, 0.2) is 0 Å². The summed E-state index contributed by atoms with van der Waals surface area (Å²) in [6.45, 7) is 0. The molecule has 0 aromatic rings. The highest BCUT2D eigenvalue weighted by atomic mass is 79.9. The zero-order chi connectivity index (χ0) is 2.71. The predicted molar refractivity (Wildman–Crippen MR) is 24.7 cm³/mol. The first-order valence-electron chi connectivity index (χ1n) is 0.309. The summed E-state index contributed by atoms with van der Waals surface area (Å²) in [7, 11) is 0. The minimum Gasteiger partial charge on any atom is -0.230 e. The smallest absolute Gasteiger partial charge is 0.115 e. The molecule has 1 nitrogen and oxygen atoms in total. The number of rotatable bonds is 0. The van der Waals surface area contributed by atoms with Gasteiger partial charge in [0, 0.05) is 17.4 Å². The van der Waals surface area contributed by atoms with Crippen LogP contribution in [0, 0.1) is 0 Å². The zero-order valence-corrected chi connectivity index (χ0v) is 6.07. The molecule has 0 rings (SSSR count). The minimum absolute atomic E-state index is 0. The standard InChI is InChI=1S/Al.Br2O/c;1-3-2. The Labute approximate surface area is 52.7 Å². The summed E-state index contributed by atoms with van der Waals surface area (Å²) in [6.07, 6.45) is 0. The fourth-order valence-corrected chi connectivity index (χ4v) is 0. The Balaban J connectivity index is 0. The van der Waals surface area contributed by atoms with Crippen molar-refractivity contribution < 1.29 is 2.92 Å². The van der Waals surface area contributed by atoms with Crippen molar-refractivity contribution in [2.75, 3.05) is 0 Å². The first kappa shape index (κ1) is 9.07. The third-order valence-corrected chi connectivity index (χ3v) is 0. The fourth-order valence-electron chi connectivity index (χ4n) is 0. The van der Waals surface area contributed by atoms with Crippen molar-refractivity contribution in [1.82, 2.24) is 0 Å². The molecule has 3 radical (unpaired) electrons. The lowest BCUT2D eigenvalue weighted by Gasteiger charge is -1.48. The monoisotopic (exact) mass is 201 g/mol. The van der Waals surface area contributed by atoms with E-state index < -0.39 is 0 Å². The van der Waals surface area contributed by atoms with Gasteiger partial charge in [0.25, 0.3) is 0 Å². The van der Waals surface area contributed by atoms with Crippen LogP contribution >= 0.6 is 32.5 Å². The predicted octanol–water partition coefficient (Wildman–Crippen LogP) is 1.24. The van der Waals surface area contributed by atoms with Crippen LogP contribution in [0.25, 0.3) is 0 Å². The molecule has 0 aromatic heterocycles. The summed E-state index contributed by atoms with van der Waals surface area (Å²) >= 11 is 5.12. The van der Waals surface area contributed by atoms with Crippen molar-refractivity contribution in [2.24, 2.45) is 0 Å². The van der Waals surface area contributed by atoms with Crippen molar-refractivity contribution in [1.29, 1.82) is 0 Å². The largest absolute Gasteiger partial charge is 0.230 e. The van der Waals surface area contributed by atoms with Gasteiger partial charge in [0.2, 0.25) is 0 Å².